The molecule has 2 aromatic rings. The molecule has 1 heterocycles. The van der Waals surface area contributed by atoms with Crippen molar-refractivity contribution >= 4 is 27.7 Å². The molecule has 0 bridgehead atoms. The van der Waals surface area contributed by atoms with Crippen LogP contribution < -0.4 is 10.1 Å². The van der Waals surface area contributed by atoms with E-state index < -0.39 is 5.54 Å². The number of ether oxygens (including phenoxy) is 2. The van der Waals surface area contributed by atoms with Crippen LogP contribution >= 0.6 is 15.9 Å². The molecule has 33 heavy (non-hydrogen) atoms. The third kappa shape index (κ3) is 7.03. The predicted molar refractivity (Wildman–Crippen MR) is 133 cm³/mol. The molecule has 1 aliphatic rings. The molecule has 0 aromatic heterocycles. The van der Waals surface area contributed by atoms with E-state index in [9.17, 15) is 4.79 Å². The summed E-state index contributed by atoms with van der Waals surface area (Å²) < 4.78 is 12.5. The highest BCUT2D eigenvalue weighted by Gasteiger charge is 2.44. The molecule has 7 nitrogen and oxygen atoms in total. The van der Waals surface area contributed by atoms with Crippen LogP contribution in [0.15, 0.2) is 58.0 Å². The first-order valence-corrected chi connectivity index (χ1v) is 12.0. The van der Waals surface area contributed by atoms with Crippen LogP contribution in [0, 0.1) is 0 Å². The standard InChI is InChI=1S/C25H32BrN3O4/c1-29(2)14-5-13-27-24(31)25(17-20-7-3-4-8-22(20)26)18-33-23(28-25)19-9-11-21(12-10-19)32-16-6-15-30/h3-4,7-12,30H,5-6,13-18H2,1-2H3,(H,27,31)/t25-/m1/s1. The van der Waals surface area contributed by atoms with Crippen molar-refractivity contribution in [2.45, 2.75) is 24.8 Å². The van der Waals surface area contributed by atoms with E-state index in [0.717, 1.165) is 28.6 Å². The number of carbonyl (C=O) groups excluding carboxylic acids is 1. The minimum absolute atomic E-state index is 0.0968. The molecule has 1 aliphatic heterocycles. The van der Waals surface area contributed by atoms with Crippen molar-refractivity contribution in [2.24, 2.45) is 4.99 Å². The van der Waals surface area contributed by atoms with Crippen LogP contribution in [0.25, 0.3) is 0 Å². The SMILES string of the molecule is CN(C)CCCNC(=O)[C@@]1(Cc2ccccc2Br)COC(c2ccc(OCCCO)cc2)=N1. The summed E-state index contributed by atoms with van der Waals surface area (Å²) in [5.74, 6) is 1.03. The average molecular weight is 518 g/mol. The van der Waals surface area contributed by atoms with Gasteiger partial charge in [0.2, 0.25) is 5.90 Å². The van der Waals surface area contributed by atoms with Gasteiger partial charge >= 0.3 is 0 Å². The second-order valence-corrected chi connectivity index (χ2v) is 9.22. The lowest BCUT2D eigenvalue weighted by Crippen LogP contribution is -2.49. The number of nitrogens with zero attached hydrogens (tertiary/aromatic N) is 2. The van der Waals surface area contributed by atoms with E-state index in [2.05, 4.69) is 26.1 Å². The highest BCUT2D eigenvalue weighted by molar-refractivity contribution is 9.10. The zero-order valence-electron chi connectivity index (χ0n) is 19.2. The fourth-order valence-corrected chi connectivity index (χ4v) is 3.97. The van der Waals surface area contributed by atoms with Crippen molar-refractivity contribution in [3.63, 3.8) is 0 Å². The third-order valence-electron chi connectivity index (χ3n) is 5.37. The van der Waals surface area contributed by atoms with Gasteiger partial charge in [0.05, 0.1) is 6.61 Å². The van der Waals surface area contributed by atoms with Crippen LogP contribution in [0.4, 0.5) is 0 Å². The number of amides is 1. The highest BCUT2D eigenvalue weighted by Crippen LogP contribution is 2.30. The van der Waals surface area contributed by atoms with Crippen molar-refractivity contribution < 1.29 is 19.4 Å². The quantitative estimate of drug-likeness (QED) is 0.422. The van der Waals surface area contributed by atoms with Crippen molar-refractivity contribution in [1.82, 2.24) is 10.2 Å². The fourth-order valence-electron chi connectivity index (χ4n) is 3.55. The molecule has 0 saturated heterocycles. The van der Waals surface area contributed by atoms with Gasteiger partial charge in [-0.3, -0.25) is 4.79 Å². The normalized spacial score (nSPS) is 17.5. The molecular weight excluding hydrogens is 486 g/mol. The summed E-state index contributed by atoms with van der Waals surface area (Å²) in [5.41, 5.74) is 0.759. The second-order valence-electron chi connectivity index (χ2n) is 8.37. The van der Waals surface area contributed by atoms with E-state index in [1.165, 1.54) is 0 Å². The van der Waals surface area contributed by atoms with Gasteiger partial charge in [0.25, 0.3) is 5.91 Å². The van der Waals surface area contributed by atoms with E-state index in [4.69, 9.17) is 19.6 Å². The Bertz CT molecular complexity index is 949. The number of nitrogens with one attached hydrogen (secondary N) is 1. The number of halogens is 1. The van der Waals surface area contributed by atoms with Crippen LogP contribution in [-0.2, 0) is 16.0 Å². The summed E-state index contributed by atoms with van der Waals surface area (Å²) >= 11 is 3.59. The molecule has 0 spiro atoms. The van der Waals surface area contributed by atoms with E-state index in [1.807, 2.05) is 62.6 Å². The Hall–Kier alpha value is -2.42. The maximum Gasteiger partial charge on any atom is 0.251 e. The first-order valence-electron chi connectivity index (χ1n) is 11.2. The van der Waals surface area contributed by atoms with Crippen molar-refractivity contribution in [3.8, 4) is 5.75 Å². The number of rotatable bonds is 12. The Labute approximate surface area is 203 Å². The van der Waals surface area contributed by atoms with Crippen LogP contribution in [0.2, 0.25) is 0 Å². The Morgan fingerprint density at radius 2 is 1.97 bits per heavy atom. The van der Waals surface area contributed by atoms with Crippen molar-refractivity contribution in [2.75, 3.05) is 47.0 Å². The van der Waals surface area contributed by atoms with Crippen LogP contribution in [0.1, 0.15) is 24.0 Å². The van der Waals surface area contributed by atoms with Crippen LogP contribution in [0.3, 0.4) is 0 Å². The molecule has 1 atom stereocenters. The van der Waals surface area contributed by atoms with Gasteiger partial charge in [-0.25, -0.2) is 4.99 Å². The first kappa shape index (κ1) is 25.2. The molecule has 2 N–H and O–H groups in total. The van der Waals surface area contributed by atoms with Gasteiger partial charge in [-0.05, 0) is 63.0 Å². The predicted octanol–water partition coefficient (Wildman–Crippen LogP) is 3.04. The zero-order valence-corrected chi connectivity index (χ0v) is 20.8. The number of aliphatic hydroxyl groups is 1. The number of hydrogen-bond acceptors (Lipinski definition) is 6. The Morgan fingerprint density at radius 1 is 1.21 bits per heavy atom. The lowest BCUT2D eigenvalue weighted by atomic mass is 9.91. The minimum Gasteiger partial charge on any atom is -0.494 e. The summed E-state index contributed by atoms with van der Waals surface area (Å²) in [6.07, 6.45) is 1.87. The molecule has 2 aromatic carbocycles. The van der Waals surface area contributed by atoms with E-state index in [1.54, 1.807) is 0 Å². The molecule has 178 valence electrons. The summed E-state index contributed by atoms with van der Waals surface area (Å²) in [7, 11) is 4.03. The molecule has 0 unspecified atom stereocenters. The maximum atomic E-state index is 13.3. The van der Waals surface area contributed by atoms with Gasteiger partial charge < -0.3 is 24.8 Å². The zero-order chi connectivity index (χ0) is 23.7. The molecule has 0 radical (unpaired) electrons. The van der Waals surface area contributed by atoms with Gasteiger partial charge in [0.15, 0.2) is 5.54 Å². The number of hydrogen-bond donors (Lipinski definition) is 2. The summed E-state index contributed by atoms with van der Waals surface area (Å²) in [4.78, 5) is 20.3. The number of benzene rings is 2. The molecule has 1 amide bonds. The van der Waals surface area contributed by atoms with Crippen molar-refractivity contribution in [1.29, 1.82) is 0 Å². The van der Waals surface area contributed by atoms with Gasteiger partial charge in [-0.2, -0.15) is 0 Å². The van der Waals surface area contributed by atoms with Crippen molar-refractivity contribution in [3.05, 3.63) is 64.1 Å². The number of carbonyl (C=O) groups is 1. The lowest BCUT2D eigenvalue weighted by molar-refractivity contribution is -0.126. The van der Waals surface area contributed by atoms with Gasteiger partial charge in [0.1, 0.15) is 12.4 Å². The molecule has 0 fully saturated rings. The second kappa shape index (κ2) is 12.2. The molecule has 3 rings (SSSR count). The van der Waals surface area contributed by atoms with E-state index >= 15 is 0 Å². The van der Waals surface area contributed by atoms with Crippen LogP contribution in [-0.4, -0.2) is 74.4 Å². The molecule has 0 aliphatic carbocycles. The van der Waals surface area contributed by atoms with Gasteiger partial charge in [-0.1, -0.05) is 34.1 Å². The highest BCUT2D eigenvalue weighted by atomic mass is 79.9. The first-order chi connectivity index (χ1) is 15.9. The maximum absolute atomic E-state index is 13.3. The molecule has 0 saturated carbocycles. The number of aliphatic imine (C=N–C) groups is 1. The molecular formula is C25H32BrN3O4. The summed E-state index contributed by atoms with van der Waals surface area (Å²) in [6, 6.07) is 15.3. The van der Waals surface area contributed by atoms with E-state index in [0.29, 0.717) is 37.6 Å². The Kier molecular flexibility index (Phi) is 9.29. The third-order valence-corrected chi connectivity index (χ3v) is 6.14. The van der Waals surface area contributed by atoms with E-state index in [-0.39, 0.29) is 19.1 Å². The topological polar surface area (TPSA) is 83.4 Å². The summed E-state index contributed by atoms with van der Waals surface area (Å²) in [5, 5.41) is 12.0. The minimum atomic E-state index is -1.03. The fraction of sp³-hybridized carbons (Fsp3) is 0.440. The van der Waals surface area contributed by atoms with Gasteiger partial charge in [0, 0.05) is 36.0 Å². The largest absolute Gasteiger partial charge is 0.494 e. The monoisotopic (exact) mass is 517 g/mol. The van der Waals surface area contributed by atoms with Gasteiger partial charge in [-0.15, -0.1) is 0 Å². The summed E-state index contributed by atoms with van der Waals surface area (Å²) in [6.45, 7) is 2.21. The lowest BCUT2D eigenvalue weighted by Gasteiger charge is -2.24. The smallest absolute Gasteiger partial charge is 0.251 e. The Balaban J connectivity index is 1.79. The Morgan fingerprint density at radius 3 is 2.67 bits per heavy atom. The number of aliphatic hydroxyl groups excluding tert-OH is 1. The van der Waals surface area contributed by atoms with Crippen LogP contribution in [0.5, 0.6) is 5.75 Å². The average Bonchev–Trinajstić information content (AvgIpc) is 3.24. The molecule has 8 heteroatoms.